The smallest absolute Gasteiger partial charge is 0.354 e. The molecule has 0 aromatic carbocycles. The molecule has 0 amide bonds. The van der Waals surface area contributed by atoms with E-state index in [-0.39, 0.29) is 18.9 Å². The lowest BCUT2D eigenvalue weighted by atomic mass is 9.84. The van der Waals surface area contributed by atoms with Crippen LogP contribution in [0.2, 0.25) is 0 Å². The molecule has 0 saturated heterocycles. The Morgan fingerprint density at radius 3 is 2.38 bits per heavy atom. The van der Waals surface area contributed by atoms with Crippen LogP contribution in [0.15, 0.2) is 30.0 Å². The average Bonchev–Trinajstić information content (AvgIpc) is 3.00. The number of ketones is 1. The van der Waals surface area contributed by atoms with Crippen molar-refractivity contribution >= 4 is 11.8 Å². The van der Waals surface area contributed by atoms with Crippen LogP contribution in [0.3, 0.4) is 0 Å². The minimum absolute atomic E-state index is 0.00894. The fourth-order valence-corrected chi connectivity index (χ4v) is 2.33. The highest BCUT2D eigenvalue weighted by Crippen LogP contribution is 2.35. The molecular formula is C15H20N2O7. The molecule has 0 radical (unpaired) electrons. The number of aliphatic hydroxyl groups is 1. The lowest BCUT2D eigenvalue weighted by Gasteiger charge is -2.21. The van der Waals surface area contributed by atoms with Crippen molar-refractivity contribution in [3.05, 3.63) is 45.8 Å². The summed E-state index contributed by atoms with van der Waals surface area (Å²) < 4.78 is 9.70. The van der Waals surface area contributed by atoms with E-state index >= 15 is 0 Å². The van der Waals surface area contributed by atoms with Crippen LogP contribution < -0.4 is 0 Å². The molecule has 0 bridgehead atoms. The SMILES string of the molecule is CCOC(=O)C(C(C)=O)C(C(=C(O)OCC)[N+](=O)[O-])c1ccc[nH]1. The average molecular weight is 340 g/mol. The number of ether oxygens (including phenoxy) is 2. The first-order valence-electron chi connectivity index (χ1n) is 7.35. The van der Waals surface area contributed by atoms with E-state index in [9.17, 15) is 24.8 Å². The monoisotopic (exact) mass is 340 g/mol. The zero-order chi connectivity index (χ0) is 18.3. The van der Waals surface area contributed by atoms with Gasteiger partial charge in [-0.25, -0.2) is 0 Å². The lowest BCUT2D eigenvalue weighted by Crippen LogP contribution is -2.34. The number of nitrogens with one attached hydrogen (secondary N) is 1. The van der Waals surface area contributed by atoms with Crippen molar-refractivity contribution in [3.8, 4) is 0 Å². The molecule has 1 rings (SSSR count). The van der Waals surface area contributed by atoms with E-state index < -0.39 is 40.2 Å². The highest BCUT2D eigenvalue weighted by atomic mass is 16.6. The second-order valence-electron chi connectivity index (χ2n) is 4.82. The number of allylic oxidation sites excluding steroid dienone is 1. The summed E-state index contributed by atoms with van der Waals surface area (Å²) in [7, 11) is 0. The van der Waals surface area contributed by atoms with Gasteiger partial charge in [0, 0.05) is 11.9 Å². The Morgan fingerprint density at radius 1 is 1.33 bits per heavy atom. The fourth-order valence-electron chi connectivity index (χ4n) is 2.33. The summed E-state index contributed by atoms with van der Waals surface area (Å²) in [4.78, 5) is 37.6. The second-order valence-corrected chi connectivity index (χ2v) is 4.82. The summed E-state index contributed by atoms with van der Waals surface area (Å²) >= 11 is 0. The van der Waals surface area contributed by atoms with E-state index in [2.05, 4.69) is 4.98 Å². The van der Waals surface area contributed by atoms with Gasteiger partial charge in [-0.1, -0.05) is 0 Å². The fraction of sp³-hybridized carbons (Fsp3) is 0.467. The van der Waals surface area contributed by atoms with E-state index in [1.165, 1.54) is 19.2 Å². The molecule has 0 saturated carbocycles. The maximum Gasteiger partial charge on any atom is 0.354 e. The Morgan fingerprint density at radius 2 is 1.96 bits per heavy atom. The predicted octanol–water partition coefficient (Wildman–Crippen LogP) is 1.91. The maximum atomic E-state index is 12.2. The molecule has 2 N–H and O–H groups in total. The Kier molecular flexibility index (Phi) is 6.97. The van der Waals surface area contributed by atoms with Gasteiger partial charge < -0.3 is 19.6 Å². The summed E-state index contributed by atoms with van der Waals surface area (Å²) in [5.41, 5.74) is -0.575. The minimum Gasteiger partial charge on any atom is -0.476 e. The number of aromatic nitrogens is 1. The van der Waals surface area contributed by atoms with Crippen LogP contribution in [0, 0.1) is 16.0 Å². The van der Waals surface area contributed by atoms with Crippen molar-refractivity contribution in [3.63, 3.8) is 0 Å². The number of aromatic amines is 1. The summed E-state index contributed by atoms with van der Waals surface area (Å²) in [5.74, 6) is -5.35. The van der Waals surface area contributed by atoms with Crippen LogP contribution >= 0.6 is 0 Å². The van der Waals surface area contributed by atoms with Crippen LogP contribution in [-0.2, 0) is 19.1 Å². The van der Waals surface area contributed by atoms with Crippen molar-refractivity contribution in [2.45, 2.75) is 26.7 Å². The van der Waals surface area contributed by atoms with Gasteiger partial charge in [-0.15, -0.1) is 0 Å². The van der Waals surface area contributed by atoms with Crippen LogP contribution in [0.25, 0.3) is 0 Å². The normalized spacial score (nSPS) is 14.3. The quantitative estimate of drug-likeness (QED) is 0.231. The summed E-state index contributed by atoms with van der Waals surface area (Å²) in [5, 5.41) is 21.4. The standard InChI is InChI=1S/C15H20N2O7/c1-4-23-14(19)11(9(3)18)12(10-7-6-8-16-10)13(17(21)22)15(20)24-5-2/h6-8,11-12,16,20H,4-5H2,1-3H3. The van der Waals surface area contributed by atoms with E-state index in [4.69, 9.17) is 9.47 Å². The van der Waals surface area contributed by atoms with Gasteiger partial charge in [0.1, 0.15) is 17.6 Å². The minimum atomic E-state index is -1.49. The van der Waals surface area contributed by atoms with E-state index in [0.717, 1.165) is 6.92 Å². The third kappa shape index (κ3) is 4.34. The molecule has 0 aliphatic heterocycles. The van der Waals surface area contributed by atoms with Gasteiger partial charge in [-0.3, -0.25) is 19.7 Å². The molecule has 2 atom stereocenters. The van der Waals surface area contributed by atoms with Gasteiger partial charge >= 0.3 is 17.6 Å². The number of nitro groups is 1. The number of hydrogen-bond donors (Lipinski definition) is 2. The van der Waals surface area contributed by atoms with Gasteiger partial charge in [-0.05, 0) is 32.9 Å². The molecule has 9 nitrogen and oxygen atoms in total. The Labute approximate surface area is 138 Å². The molecule has 0 fully saturated rings. The van der Waals surface area contributed by atoms with Gasteiger partial charge in [-0.2, -0.15) is 0 Å². The van der Waals surface area contributed by atoms with Crippen molar-refractivity contribution < 1.29 is 29.1 Å². The number of carbonyl (C=O) groups is 2. The number of H-pyrrole nitrogens is 1. The lowest BCUT2D eigenvalue weighted by molar-refractivity contribution is -0.437. The first kappa shape index (κ1) is 19.2. The molecule has 2 unspecified atom stereocenters. The summed E-state index contributed by atoms with van der Waals surface area (Å²) in [6.07, 6.45) is 1.49. The summed E-state index contributed by atoms with van der Waals surface area (Å²) in [6, 6.07) is 3.03. The number of esters is 1. The highest BCUT2D eigenvalue weighted by molar-refractivity contribution is 5.99. The molecule has 1 aromatic rings. The first-order chi connectivity index (χ1) is 11.3. The summed E-state index contributed by atoms with van der Waals surface area (Å²) in [6.45, 7) is 4.21. The zero-order valence-corrected chi connectivity index (χ0v) is 13.6. The van der Waals surface area contributed by atoms with E-state index in [0.29, 0.717) is 0 Å². The largest absolute Gasteiger partial charge is 0.476 e. The van der Waals surface area contributed by atoms with Crippen LogP contribution in [-0.4, -0.2) is 40.0 Å². The van der Waals surface area contributed by atoms with Crippen LogP contribution in [0.5, 0.6) is 0 Å². The predicted molar refractivity (Wildman–Crippen MR) is 82.6 cm³/mol. The number of Topliss-reactive ketones (excluding diaryl/α,β-unsaturated/α-hetero) is 1. The topological polar surface area (TPSA) is 132 Å². The van der Waals surface area contributed by atoms with Crippen molar-refractivity contribution in [2.75, 3.05) is 13.2 Å². The van der Waals surface area contributed by atoms with Gasteiger partial charge in [0.25, 0.3) is 0 Å². The highest BCUT2D eigenvalue weighted by Gasteiger charge is 2.46. The number of hydrogen-bond acceptors (Lipinski definition) is 7. The number of aliphatic hydroxyl groups excluding tert-OH is 1. The molecule has 1 heterocycles. The molecule has 0 aliphatic carbocycles. The molecule has 1 aromatic heterocycles. The second kappa shape index (κ2) is 8.70. The van der Waals surface area contributed by atoms with Gasteiger partial charge in [0.15, 0.2) is 0 Å². The van der Waals surface area contributed by atoms with E-state index in [1.54, 1.807) is 13.0 Å². The van der Waals surface area contributed by atoms with Crippen molar-refractivity contribution in [1.29, 1.82) is 0 Å². The molecule has 0 spiro atoms. The van der Waals surface area contributed by atoms with Crippen molar-refractivity contribution in [2.24, 2.45) is 5.92 Å². The maximum absolute atomic E-state index is 12.2. The Hall–Kier alpha value is -2.84. The molecular weight excluding hydrogens is 320 g/mol. The number of carbonyl (C=O) groups excluding carboxylic acids is 2. The first-order valence-corrected chi connectivity index (χ1v) is 7.35. The molecule has 132 valence electrons. The Bertz CT molecular complexity index is 622. The number of nitrogens with zero attached hydrogens (tertiary/aromatic N) is 1. The van der Waals surface area contributed by atoms with Crippen LogP contribution in [0.1, 0.15) is 32.4 Å². The molecule has 0 aliphatic rings. The zero-order valence-electron chi connectivity index (χ0n) is 13.6. The third-order valence-electron chi connectivity index (χ3n) is 3.26. The van der Waals surface area contributed by atoms with Crippen molar-refractivity contribution in [1.82, 2.24) is 4.98 Å². The third-order valence-corrected chi connectivity index (χ3v) is 3.26. The van der Waals surface area contributed by atoms with Gasteiger partial charge in [0.2, 0.25) is 0 Å². The van der Waals surface area contributed by atoms with E-state index in [1.807, 2.05) is 0 Å². The molecule has 24 heavy (non-hydrogen) atoms. The number of rotatable bonds is 9. The van der Waals surface area contributed by atoms with Crippen LogP contribution in [0.4, 0.5) is 0 Å². The van der Waals surface area contributed by atoms with Gasteiger partial charge in [0.05, 0.1) is 18.1 Å². The molecule has 9 heteroatoms. The Balaban J connectivity index is 3.55.